The Kier molecular flexibility index (Phi) is 7.00. The summed E-state index contributed by atoms with van der Waals surface area (Å²) in [5, 5.41) is 2.40. The van der Waals surface area contributed by atoms with Crippen molar-refractivity contribution in [3.63, 3.8) is 0 Å². The Morgan fingerprint density at radius 2 is 1.15 bits per heavy atom. The lowest BCUT2D eigenvalue weighted by Gasteiger charge is -2.15. The number of rotatable bonds is 6. The third kappa shape index (κ3) is 5.16. The molecule has 3 heteroatoms. The normalized spacial score (nSPS) is 11.5. The van der Waals surface area contributed by atoms with Crippen molar-refractivity contribution in [1.82, 2.24) is 9.97 Å². The van der Waals surface area contributed by atoms with Crippen molar-refractivity contribution < 1.29 is 4.42 Å². The van der Waals surface area contributed by atoms with E-state index in [9.17, 15) is 0 Å². The van der Waals surface area contributed by atoms with Crippen LogP contribution in [0.2, 0.25) is 0 Å². The van der Waals surface area contributed by atoms with E-state index in [1.807, 2.05) is 6.07 Å². The first kappa shape index (κ1) is 27.7. The summed E-state index contributed by atoms with van der Waals surface area (Å²) in [5.41, 5.74) is 12.7. The molecule has 0 aliphatic carbocycles. The van der Waals surface area contributed by atoms with Gasteiger partial charge in [0.15, 0.2) is 11.5 Å². The number of nitrogens with zero attached hydrogens (tertiary/aromatic N) is 2. The van der Waals surface area contributed by atoms with Crippen molar-refractivity contribution >= 4 is 21.9 Å². The summed E-state index contributed by atoms with van der Waals surface area (Å²) < 4.78 is 6.05. The van der Waals surface area contributed by atoms with Gasteiger partial charge in [0.05, 0.1) is 11.4 Å². The number of oxazole rings is 1. The molecular weight excluding hydrogens is 560 g/mol. The first-order chi connectivity index (χ1) is 22.6. The Morgan fingerprint density at radius 1 is 0.478 bits per heavy atom. The second kappa shape index (κ2) is 11.6. The molecule has 0 saturated carbocycles. The van der Waals surface area contributed by atoms with E-state index in [1.165, 1.54) is 21.9 Å². The second-order valence-electron chi connectivity index (χ2n) is 12.0. The van der Waals surface area contributed by atoms with Crippen LogP contribution in [-0.4, -0.2) is 9.97 Å². The van der Waals surface area contributed by atoms with Crippen LogP contribution in [0.3, 0.4) is 0 Å². The molecule has 2 heterocycles. The fourth-order valence-electron chi connectivity index (χ4n) is 6.25. The third-order valence-electron chi connectivity index (χ3n) is 8.59. The minimum atomic E-state index is 0.225. The molecule has 46 heavy (non-hydrogen) atoms. The average molecular weight is 593 g/mol. The van der Waals surface area contributed by atoms with Crippen LogP contribution in [-0.2, 0) is 0 Å². The fourth-order valence-corrected chi connectivity index (χ4v) is 6.25. The van der Waals surface area contributed by atoms with Gasteiger partial charge in [-0.3, -0.25) is 0 Å². The summed E-state index contributed by atoms with van der Waals surface area (Å²) >= 11 is 0. The highest BCUT2D eigenvalue weighted by Crippen LogP contribution is 2.41. The molecule has 6 aromatic carbocycles. The highest BCUT2D eigenvalue weighted by Gasteiger charge is 2.16. The van der Waals surface area contributed by atoms with Crippen molar-refractivity contribution in [2.45, 2.75) is 19.8 Å². The van der Waals surface area contributed by atoms with Crippen LogP contribution in [0.4, 0.5) is 0 Å². The molecule has 8 aromatic rings. The van der Waals surface area contributed by atoms with Crippen molar-refractivity contribution in [2.75, 3.05) is 0 Å². The van der Waals surface area contributed by atoms with Crippen LogP contribution < -0.4 is 0 Å². The van der Waals surface area contributed by atoms with E-state index < -0.39 is 0 Å². The largest absolute Gasteiger partial charge is 0.440 e. The topological polar surface area (TPSA) is 38.9 Å². The molecule has 3 nitrogen and oxygen atoms in total. The molecule has 2 aromatic heterocycles. The number of benzene rings is 6. The molecular formula is C43H32N2O. The van der Waals surface area contributed by atoms with E-state index in [4.69, 9.17) is 14.4 Å². The summed E-state index contributed by atoms with van der Waals surface area (Å²) in [6.07, 6.45) is 0. The van der Waals surface area contributed by atoms with Crippen LogP contribution in [0.5, 0.6) is 0 Å². The van der Waals surface area contributed by atoms with E-state index in [0.29, 0.717) is 0 Å². The monoisotopic (exact) mass is 592 g/mol. The van der Waals surface area contributed by atoms with Gasteiger partial charge in [-0.05, 0) is 74.5 Å². The quantitative estimate of drug-likeness (QED) is 0.193. The Balaban J connectivity index is 1.30. The molecule has 0 aliphatic rings. The zero-order valence-electron chi connectivity index (χ0n) is 25.8. The van der Waals surface area contributed by atoms with Gasteiger partial charge in [0.1, 0.15) is 5.52 Å². The predicted molar refractivity (Wildman–Crippen MR) is 191 cm³/mol. The van der Waals surface area contributed by atoms with Crippen molar-refractivity contribution in [1.29, 1.82) is 0 Å². The number of aromatic nitrogens is 2. The highest BCUT2D eigenvalue weighted by atomic mass is 16.3. The average Bonchev–Trinajstić information content (AvgIpc) is 3.56. The Hall–Kier alpha value is -5.80. The first-order valence-corrected chi connectivity index (χ1v) is 15.8. The number of fused-ring (bicyclic) bond motifs is 2. The molecule has 0 spiro atoms. The van der Waals surface area contributed by atoms with Crippen LogP contribution in [0, 0.1) is 0 Å². The summed E-state index contributed by atoms with van der Waals surface area (Å²) in [4.78, 5) is 10.0. The number of hydrogen-bond acceptors (Lipinski definition) is 3. The van der Waals surface area contributed by atoms with E-state index in [0.717, 1.165) is 61.8 Å². The van der Waals surface area contributed by atoms with Gasteiger partial charge >= 0.3 is 0 Å². The van der Waals surface area contributed by atoms with Crippen molar-refractivity contribution in [3.05, 3.63) is 158 Å². The van der Waals surface area contributed by atoms with Gasteiger partial charge in [-0.2, -0.15) is 0 Å². The summed E-state index contributed by atoms with van der Waals surface area (Å²) in [5.74, 6) is 0.987. The fraction of sp³-hybridized carbons (Fsp3) is 0.0698. The van der Waals surface area contributed by atoms with Crippen LogP contribution in [0.25, 0.3) is 77.8 Å². The molecule has 0 aliphatic heterocycles. The Labute approximate surface area is 268 Å². The Morgan fingerprint density at radius 3 is 1.93 bits per heavy atom. The summed E-state index contributed by atoms with van der Waals surface area (Å²) in [6.45, 7) is 4.21. The number of hydrogen-bond donors (Lipinski definition) is 0. The molecule has 8 rings (SSSR count). The lowest BCUT2D eigenvalue weighted by molar-refractivity contribution is 0.501. The molecule has 0 bridgehead atoms. The molecule has 0 amide bonds. The number of pyridine rings is 1. The van der Waals surface area contributed by atoms with Gasteiger partial charge < -0.3 is 4.42 Å². The van der Waals surface area contributed by atoms with E-state index in [1.54, 1.807) is 0 Å². The maximum absolute atomic E-state index is 6.05. The van der Waals surface area contributed by atoms with E-state index >= 15 is 0 Å². The van der Waals surface area contributed by atoms with Crippen molar-refractivity contribution in [2.24, 2.45) is 0 Å². The van der Waals surface area contributed by atoms with Crippen molar-refractivity contribution in [3.8, 4) is 55.9 Å². The standard InChI is InChI=1S/C43H32N2O/c1-28(2)43-45-40-25-34(21-23-41(40)46-43)42-36-19-10-9-14-30(36)20-22-37(42)32-17-11-18-33(24-32)39-27-35(29-12-5-3-6-13-29)26-38(44-39)31-15-7-4-8-16-31/h3-28H,1-2H3. The van der Waals surface area contributed by atoms with Gasteiger partial charge in [0, 0.05) is 17.0 Å². The van der Waals surface area contributed by atoms with Crippen LogP contribution in [0.1, 0.15) is 25.7 Å². The molecule has 0 radical (unpaired) electrons. The summed E-state index contributed by atoms with van der Waals surface area (Å²) in [6, 6.07) is 53.5. The predicted octanol–water partition coefficient (Wildman–Crippen LogP) is 11.8. The molecule has 0 saturated heterocycles. The van der Waals surface area contributed by atoms with Gasteiger partial charge in [0.25, 0.3) is 0 Å². The maximum atomic E-state index is 6.05. The molecule has 0 unspecified atom stereocenters. The van der Waals surface area contributed by atoms with E-state index in [2.05, 4.69) is 159 Å². The molecule has 220 valence electrons. The maximum Gasteiger partial charge on any atom is 0.198 e. The zero-order chi connectivity index (χ0) is 31.0. The zero-order valence-corrected chi connectivity index (χ0v) is 25.8. The lowest BCUT2D eigenvalue weighted by Crippen LogP contribution is -1.92. The van der Waals surface area contributed by atoms with Gasteiger partial charge in [0.2, 0.25) is 0 Å². The first-order valence-electron chi connectivity index (χ1n) is 15.8. The molecule has 0 N–H and O–H groups in total. The van der Waals surface area contributed by atoms with Gasteiger partial charge in [-0.1, -0.05) is 135 Å². The van der Waals surface area contributed by atoms with Gasteiger partial charge in [-0.15, -0.1) is 0 Å². The van der Waals surface area contributed by atoms with Crippen LogP contribution in [0.15, 0.2) is 156 Å². The second-order valence-corrected chi connectivity index (χ2v) is 12.0. The minimum Gasteiger partial charge on any atom is -0.440 e. The Bertz CT molecular complexity index is 2280. The SMILES string of the molecule is CC(C)c1nc2cc(-c3c(-c4cccc(-c5cc(-c6ccccc6)cc(-c6ccccc6)n5)c4)ccc4ccccc34)ccc2o1. The van der Waals surface area contributed by atoms with Gasteiger partial charge in [-0.25, -0.2) is 9.97 Å². The molecule has 0 fully saturated rings. The smallest absolute Gasteiger partial charge is 0.198 e. The lowest BCUT2D eigenvalue weighted by atomic mass is 9.89. The molecule has 0 atom stereocenters. The third-order valence-corrected chi connectivity index (χ3v) is 8.59. The highest BCUT2D eigenvalue weighted by molar-refractivity contribution is 6.05. The minimum absolute atomic E-state index is 0.225. The summed E-state index contributed by atoms with van der Waals surface area (Å²) in [7, 11) is 0. The van der Waals surface area contributed by atoms with E-state index in [-0.39, 0.29) is 5.92 Å². The van der Waals surface area contributed by atoms with Crippen LogP contribution >= 0.6 is 0 Å².